The van der Waals surface area contributed by atoms with Gasteiger partial charge >= 0.3 is 0 Å². The summed E-state index contributed by atoms with van der Waals surface area (Å²) in [6.07, 6.45) is 0. The third-order valence-electron chi connectivity index (χ3n) is 2.01. The highest BCUT2D eigenvalue weighted by atomic mass is 16.6. The first kappa shape index (κ1) is 9.44. The number of nitrogen functional groups attached to an aromatic ring is 1. The van der Waals surface area contributed by atoms with Gasteiger partial charge in [0, 0.05) is 0 Å². The van der Waals surface area contributed by atoms with Gasteiger partial charge in [0.25, 0.3) is 5.69 Å². The predicted molar refractivity (Wildman–Crippen MR) is 49.5 cm³/mol. The molecule has 5 heteroatoms. The van der Waals surface area contributed by atoms with Gasteiger partial charge in [0.15, 0.2) is 0 Å². The highest BCUT2D eigenvalue weighted by molar-refractivity contribution is 5.60. The molecule has 0 aliphatic carbocycles. The molecule has 0 aliphatic rings. The fourth-order valence-electron chi connectivity index (χ4n) is 1.30. The van der Waals surface area contributed by atoms with Crippen molar-refractivity contribution in [3.8, 4) is 0 Å². The van der Waals surface area contributed by atoms with E-state index >= 15 is 0 Å². The summed E-state index contributed by atoms with van der Waals surface area (Å²) in [5.41, 5.74) is 7.59. The lowest BCUT2D eigenvalue weighted by atomic mass is 10.1. The highest BCUT2D eigenvalue weighted by Crippen LogP contribution is 2.27. The maximum Gasteiger partial charge on any atom is 0.295 e. The average Bonchev–Trinajstić information content (AvgIpc) is 1.99. The number of nitrogens with zero attached hydrogens (tertiary/aromatic N) is 2. The smallest absolute Gasteiger partial charge is 0.295 e. The summed E-state index contributed by atoms with van der Waals surface area (Å²) in [6.45, 7) is 4.98. The molecule has 0 fully saturated rings. The van der Waals surface area contributed by atoms with Crippen LogP contribution in [-0.2, 0) is 0 Å². The lowest BCUT2D eigenvalue weighted by molar-refractivity contribution is -0.386. The van der Waals surface area contributed by atoms with Gasteiger partial charge in [-0.1, -0.05) is 0 Å². The van der Waals surface area contributed by atoms with E-state index in [-0.39, 0.29) is 5.69 Å². The molecular weight excluding hydrogens is 170 g/mol. The van der Waals surface area contributed by atoms with Crippen molar-refractivity contribution in [2.45, 2.75) is 20.8 Å². The zero-order valence-corrected chi connectivity index (χ0v) is 7.79. The Bertz CT molecular complexity index is 374. The molecule has 0 spiro atoms. The van der Waals surface area contributed by atoms with Crippen molar-refractivity contribution in [2.24, 2.45) is 0 Å². The van der Waals surface area contributed by atoms with E-state index < -0.39 is 4.92 Å². The van der Waals surface area contributed by atoms with Crippen LogP contribution in [0.4, 0.5) is 11.4 Å². The zero-order chi connectivity index (χ0) is 10.2. The van der Waals surface area contributed by atoms with Gasteiger partial charge in [-0.3, -0.25) is 10.1 Å². The Morgan fingerprint density at radius 2 is 1.85 bits per heavy atom. The SMILES string of the molecule is Cc1nc(C)c([N+](=O)[O-])c(C)c1N. The molecule has 0 saturated carbocycles. The molecule has 70 valence electrons. The minimum absolute atomic E-state index is 0.0168. The lowest BCUT2D eigenvalue weighted by Gasteiger charge is -2.06. The second-order valence-electron chi connectivity index (χ2n) is 2.93. The minimum atomic E-state index is -0.451. The van der Waals surface area contributed by atoms with Gasteiger partial charge in [0.05, 0.1) is 21.9 Å². The maximum atomic E-state index is 10.6. The van der Waals surface area contributed by atoms with Crippen LogP contribution in [0.2, 0.25) is 0 Å². The summed E-state index contributed by atoms with van der Waals surface area (Å²) in [4.78, 5) is 14.2. The summed E-state index contributed by atoms with van der Waals surface area (Å²) in [7, 11) is 0. The molecule has 0 unspecified atom stereocenters. The van der Waals surface area contributed by atoms with Crippen LogP contribution in [0.5, 0.6) is 0 Å². The van der Waals surface area contributed by atoms with E-state index in [1.54, 1.807) is 20.8 Å². The van der Waals surface area contributed by atoms with Crippen molar-refractivity contribution in [2.75, 3.05) is 5.73 Å². The second-order valence-corrected chi connectivity index (χ2v) is 2.93. The number of pyridine rings is 1. The molecule has 2 N–H and O–H groups in total. The first-order valence-electron chi connectivity index (χ1n) is 3.82. The molecule has 1 aromatic rings. The van der Waals surface area contributed by atoms with E-state index in [2.05, 4.69) is 4.98 Å². The number of nitro groups is 1. The standard InChI is InChI=1S/C8H11N3O2/c1-4-7(9)5(2)10-6(3)8(4)11(12)13/h9H2,1-3H3. The van der Waals surface area contributed by atoms with Crippen molar-refractivity contribution in [1.82, 2.24) is 4.98 Å². The van der Waals surface area contributed by atoms with Gasteiger partial charge in [-0.15, -0.1) is 0 Å². The lowest BCUT2D eigenvalue weighted by Crippen LogP contribution is -2.04. The quantitative estimate of drug-likeness (QED) is 0.525. The third-order valence-corrected chi connectivity index (χ3v) is 2.01. The van der Waals surface area contributed by atoms with Gasteiger partial charge < -0.3 is 5.73 Å². The number of aryl methyl sites for hydroxylation is 2. The van der Waals surface area contributed by atoms with Crippen LogP contribution in [0.3, 0.4) is 0 Å². The van der Waals surface area contributed by atoms with E-state index in [0.717, 1.165) is 0 Å². The molecule has 5 nitrogen and oxygen atoms in total. The van der Waals surface area contributed by atoms with Crippen LogP contribution in [0.1, 0.15) is 17.0 Å². The number of anilines is 1. The molecule has 0 radical (unpaired) electrons. The second kappa shape index (κ2) is 3.01. The Hall–Kier alpha value is -1.65. The van der Waals surface area contributed by atoms with Gasteiger partial charge in [0.2, 0.25) is 0 Å². The van der Waals surface area contributed by atoms with Crippen molar-refractivity contribution in [1.29, 1.82) is 0 Å². The number of hydrogen-bond donors (Lipinski definition) is 1. The van der Waals surface area contributed by atoms with E-state index in [0.29, 0.717) is 22.6 Å². The number of hydrogen-bond acceptors (Lipinski definition) is 4. The van der Waals surface area contributed by atoms with Crippen molar-refractivity contribution in [3.63, 3.8) is 0 Å². The fraction of sp³-hybridized carbons (Fsp3) is 0.375. The molecule has 0 atom stereocenters. The van der Waals surface area contributed by atoms with Gasteiger partial charge in [-0.05, 0) is 20.8 Å². The molecule has 13 heavy (non-hydrogen) atoms. The molecule has 1 aromatic heterocycles. The van der Waals surface area contributed by atoms with Crippen LogP contribution in [0.15, 0.2) is 0 Å². The van der Waals surface area contributed by atoms with Crippen LogP contribution in [0, 0.1) is 30.9 Å². The molecule has 0 saturated heterocycles. The Morgan fingerprint density at radius 3 is 2.31 bits per heavy atom. The molecule has 0 amide bonds. The van der Waals surface area contributed by atoms with Crippen LogP contribution in [-0.4, -0.2) is 9.91 Å². The predicted octanol–water partition coefficient (Wildman–Crippen LogP) is 1.50. The van der Waals surface area contributed by atoms with Crippen LogP contribution < -0.4 is 5.73 Å². The summed E-state index contributed by atoms with van der Waals surface area (Å²) < 4.78 is 0. The van der Waals surface area contributed by atoms with Gasteiger partial charge in [0.1, 0.15) is 5.69 Å². The van der Waals surface area contributed by atoms with E-state index in [9.17, 15) is 10.1 Å². The molecular formula is C8H11N3O2. The first-order chi connectivity index (χ1) is 5.95. The van der Waals surface area contributed by atoms with E-state index in [1.165, 1.54) is 0 Å². The van der Waals surface area contributed by atoms with E-state index in [4.69, 9.17) is 5.73 Å². The fourth-order valence-corrected chi connectivity index (χ4v) is 1.30. The topological polar surface area (TPSA) is 82.0 Å². The summed E-state index contributed by atoms with van der Waals surface area (Å²) in [5.74, 6) is 0. The number of aromatic nitrogens is 1. The first-order valence-corrected chi connectivity index (χ1v) is 3.82. The van der Waals surface area contributed by atoms with Crippen molar-refractivity contribution >= 4 is 11.4 Å². The largest absolute Gasteiger partial charge is 0.397 e. The molecule has 0 aliphatic heterocycles. The van der Waals surface area contributed by atoms with Crippen LogP contribution in [0.25, 0.3) is 0 Å². The van der Waals surface area contributed by atoms with Crippen molar-refractivity contribution < 1.29 is 4.92 Å². The summed E-state index contributed by atoms with van der Waals surface area (Å²) in [5, 5.41) is 10.6. The Kier molecular flexibility index (Phi) is 2.18. The average molecular weight is 181 g/mol. The third kappa shape index (κ3) is 1.44. The zero-order valence-electron chi connectivity index (χ0n) is 7.79. The Labute approximate surface area is 75.7 Å². The van der Waals surface area contributed by atoms with E-state index in [1.807, 2.05) is 0 Å². The molecule has 1 rings (SSSR count). The summed E-state index contributed by atoms with van der Waals surface area (Å²) >= 11 is 0. The van der Waals surface area contributed by atoms with Gasteiger partial charge in [-0.25, -0.2) is 4.98 Å². The normalized spacial score (nSPS) is 10.1. The number of nitrogens with two attached hydrogens (primary N) is 1. The van der Waals surface area contributed by atoms with Gasteiger partial charge in [-0.2, -0.15) is 0 Å². The Morgan fingerprint density at radius 1 is 1.31 bits per heavy atom. The molecule has 0 bridgehead atoms. The van der Waals surface area contributed by atoms with Crippen LogP contribution >= 0.6 is 0 Å². The maximum absolute atomic E-state index is 10.6. The van der Waals surface area contributed by atoms with Crippen molar-refractivity contribution in [3.05, 3.63) is 27.1 Å². The molecule has 0 aromatic carbocycles. The number of rotatable bonds is 1. The summed E-state index contributed by atoms with van der Waals surface area (Å²) in [6, 6.07) is 0. The monoisotopic (exact) mass is 181 g/mol. The highest BCUT2D eigenvalue weighted by Gasteiger charge is 2.19. The molecule has 1 heterocycles. The minimum Gasteiger partial charge on any atom is -0.397 e. The Balaban J connectivity index is 3.53.